The van der Waals surface area contributed by atoms with Crippen molar-refractivity contribution in [1.29, 1.82) is 0 Å². The number of hydrogen-bond donors (Lipinski definition) is 2. The topological polar surface area (TPSA) is 73.6 Å². The fourth-order valence-corrected chi connectivity index (χ4v) is 2.34. The molecule has 0 aliphatic carbocycles. The Balaban J connectivity index is 2.06. The van der Waals surface area contributed by atoms with Crippen molar-refractivity contribution < 1.29 is 14.3 Å². The van der Waals surface area contributed by atoms with E-state index in [0.717, 1.165) is 16.1 Å². The fourth-order valence-electron chi connectivity index (χ4n) is 2.14. The molecule has 0 aliphatic heterocycles. The number of nitrogens with two attached hydrogens (primary N) is 1. The van der Waals surface area contributed by atoms with Crippen molar-refractivity contribution in [3.05, 3.63) is 58.6 Å². The zero-order chi connectivity index (χ0) is 16.7. The van der Waals surface area contributed by atoms with Gasteiger partial charge in [-0.2, -0.15) is 0 Å². The second kappa shape index (κ2) is 8.41. The highest BCUT2D eigenvalue weighted by atomic mass is 35.5. The van der Waals surface area contributed by atoms with Crippen LogP contribution in [0.3, 0.4) is 0 Å². The van der Waals surface area contributed by atoms with Gasteiger partial charge in [-0.25, -0.2) is 0 Å². The molecule has 6 heteroatoms. The van der Waals surface area contributed by atoms with Gasteiger partial charge in [0.1, 0.15) is 0 Å². The molecular formula is C17H19ClN2O3. The maximum Gasteiger partial charge on any atom is 0.255 e. The Labute approximate surface area is 140 Å². The lowest BCUT2D eigenvalue weighted by atomic mass is 10.1. The molecule has 0 bridgehead atoms. The van der Waals surface area contributed by atoms with E-state index in [4.69, 9.17) is 26.8 Å². The third-order valence-corrected chi connectivity index (χ3v) is 3.60. The van der Waals surface area contributed by atoms with Crippen LogP contribution in [0.2, 0.25) is 5.02 Å². The number of ether oxygens (including phenoxy) is 2. The summed E-state index contributed by atoms with van der Waals surface area (Å²) < 4.78 is 10.8. The van der Waals surface area contributed by atoms with Crippen molar-refractivity contribution >= 4 is 17.5 Å². The van der Waals surface area contributed by atoms with Crippen LogP contribution in [-0.4, -0.2) is 19.6 Å². The van der Waals surface area contributed by atoms with Crippen LogP contribution in [0.1, 0.15) is 11.1 Å². The number of benzene rings is 2. The summed E-state index contributed by atoms with van der Waals surface area (Å²) in [5.41, 5.74) is 7.02. The van der Waals surface area contributed by atoms with Gasteiger partial charge in [-0.15, -0.1) is 0 Å². The molecule has 122 valence electrons. The first-order chi connectivity index (χ1) is 11.1. The normalized spacial score (nSPS) is 10.3. The molecular weight excluding hydrogens is 316 g/mol. The Hall–Kier alpha value is -2.24. The Morgan fingerprint density at radius 1 is 1.13 bits per heavy atom. The number of methoxy groups -OCH3 is 1. The van der Waals surface area contributed by atoms with E-state index in [9.17, 15) is 4.79 Å². The first-order valence-corrected chi connectivity index (χ1v) is 7.50. The first kappa shape index (κ1) is 17.1. The molecule has 5 nitrogen and oxygen atoms in total. The number of primary amides is 1. The van der Waals surface area contributed by atoms with Gasteiger partial charge in [0, 0.05) is 23.7 Å². The van der Waals surface area contributed by atoms with E-state index in [1.807, 2.05) is 36.4 Å². The minimum atomic E-state index is -0.536. The molecule has 0 atom stereocenters. The number of rotatable bonds is 8. The average molecular weight is 335 g/mol. The van der Waals surface area contributed by atoms with Gasteiger partial charge in [0.25, 0.3) is 5.91 Å². The molecule has 0 heterocycles. The number of amides is 1. The molecule has 2 aromatic carbocycles. The van der Waals surface area contributed by atoms with Crippen molar-refractivity contribution in [2.75, 3.05) is 13.7 Å². The monoisotopic (exact) mass is 334 g/mol. The van der Waals surface area contributed by atoms with Crippen molar-refractivity contribution in [3.63, 3.8) is 0 Å². The second-order valence-corrected chi connectivity index (χ2v) is 5.31. The van der Waals surface area contributed by atoms with Crippen LogP contribution < -0.4 is 20.5 Å². The highest BCUT2D eigenvalue weighted by Gasteiger charge is 2.11. The van der Waals surface area contributed by atoms with Crippen molar-refractivity contribution in [2.24, 2.45) is 5.73 Å². The molecule has 0 aromatic heterocycles. The van der Waals surface area contributed by atoms with Gasteiger partial charge >= 0.3 is 0 Å². The van der Waals surface area contributed by atoms with Gasteiger partial charge in [0.05, 0.1) is 7.11 Å². The van der Waals surface area contributed by atoms with Gasteiger partial charge in [-0.1, -0.05) is 41.9 Å². The van der Waals surface area contributed by atoms with Crippen molar-refractivity contribution in [1.82, 2.24) is 5.32 Å². The summed E-state index contributed by atoms with van der Waals surface area (Å²) in [6.07, 6.45) is 0. The largest absolute Gasteiger partial charge is 0.493 e. The van der Waals surface area contributed by atoms with Crippen molar-refractivity contribution in [3.8, 4) is 11.5 Å². The zero-order valence-corrected chi connectivity index (χ0v) is 13.6. The Bertz CT molecular complexity index is 677. The van der Waals surface area contributed by atoms with Gasteiger partial charge in [0.15, 0.2) is 18.1 Å². The summed E-state index contributed by atoms with van der Waals surface area (Å²) >= 11 is 6.13. The molecule has 0 spiro atoms. The van der Waals surface area contributed by atoms with E-state index in [-0.39, 0.29) is 6.61 Å². The van der Waals surface area contributed by atoms with Crippen LogP contribution in [0, 0.1) is 0 Å². The zero-order valence-electron chi connectivity index (χ0n) is 12.8. The molecule has 2 rings (SSSR count). The highest BCUT2D eigenvalue weighted by Crippen LogP contribution is 2.31. The van der Waals surface area contributed by atoms with Gasteiger partial charge in [0.2, 0.25) is 0 Å². The van der Waals surface area contributed by atoms with Gasteiger partial charge < -0.3 is 20.5 Å². The molecule has 0 aliphatic rings. The fraction of sp³-hybridized carbons (Fsp3) is 0.235. The molecule has 0 fully saturated rings. The lowest BCUT2D eigenvalue weighted by molar-refractivity contribution is -0.119. The predicted molar refractivity (Wildman–Crippen MR) is 89.7 cm³/mol. The maximum atomic E-state index is 10.9. The second-order valence-electron chi connectivity index (χ2n) is 4.90. The predicted octanol–water partition coefficient (Wildman–Crippen LogP) is 2.50. The molecule has 0 unspecified atom stereocenters. The van der Waals surface area contributed by atoms with Crippen LogP contribution in [0.4, 0.5) is 0 Å². The van der Waals surface area contributed by atoms with Crippen LogP contribution in [0.5, 0.6) is 11.5 Å². The molecule has 0 saturated carbocycles. The van der Waals surface area contributed by atoms with Gasteiger partial charge in [-0.05, 0) is 17.7 Å². The summed E-state index contributed by atoms with van der Waals surface area (Å²) in [7, 11) is 1.55. The SMILES string of the molecule is COc1cccc(CNCc2ccccc2Cl)c1OCC(N)=O. The minimum absolute atomic E-state index is 0.197. The number of nitrogens with one attached hydrogen (secondary N) is 1. The smallest absolute Gasteiger partial charge is 0.255 e. The Kier molecular flexibility index (Phi) is 6.26. The number of carbonyl (C=O) groups is 1. The number of hydrogen-bond acceptors (Lipinski definition) is 4. The van der Waals surface area contributed by atoms with E-state index in [0.29, 0.717) is 24.6 Å². The molecule has 1 amide bonds. The molecule has 0 saturated heterocycles. The number of para-hydroxylation sites is 1. The lowest BCUT2D eigenvalue weighted by Gasteiger charge is -2.15. The van der Waals surface area contributed by atoms with E-state index in [1.54, 1.807) is 13.2 Å². The van der Waals surface area contributed by atoms with E-state index in [2.05, 4.69) is 5.32 Å². The Morgan fingerprint density at radius 2 is 1.83 bits per heavy atom. The molecule has 2 aromatic rings. The number of halogens is 1. The van der Waals surface area contributed by atoms with Crippen LogP contribution in [-0.2, 0) is 17.9 Å². The quantitative estimate of drug-likeness (QED) is 0.778. The summed E-state index contributed by atoms with van der Waals surface area (Å²) in [6, 6.07) is 13.2. The van der Waals surface area contributed by atoms with Crippen LogP contribution in [0.15, 0.2) is 42.5 Å². The summed E-state index contributed by atoms with van der Waals surface area (Å²) in [5.74, 6) is 0.537. The van der Waals surface area contributed by atoms with Crippen LogP contribution in [0.25, 0.3) is 0 Å². The average Bonchev–Trinajstić information content (AvgIpc) is 2.55. The minimum Gasteiger partial charge on any atom is -0.493 e. The summed E-state index contributed by atoms with van der Waals surface area (Å²) in [4.78, 5) is 10.9. The van der Waals surface area contributed by atoms with E-state index >= 15 is 0 Å². The van der Waals surface area contributed by atoms with E-state index in [1.165, 1.54) is 0 Å². The third kappa shape index (κ3) is 4.87. The highest BCUT2D eigenvalue weighted by molar-refractivity contribution is 6.31. The summed E-state index contributed by atoms with van der Waals surface area (Å²) in [6.45, 7) is 0.959. The first-order valence-electron chi connectivity index (χ1n) is 7.13. The lowest BCUT2D eigenvalue weighted by Crippen LogP contribution is -2.21. The van der Waals surface area contributed by atoms with E-state index < -0.39 is 5.91 Å². The number of carbonyl (C=O) groups excluding carboxylic acids is 1. The van der Waals surface area contributed by atoms with Crippen molar-refractivity contribution in [2.45, 2.75) is 13.1 Å². The molecule has 3 N–H and O–H groups in total. The third-order valence-electron chi connectivity index (χ3n) is 3.23. The Morgan fingerprint density at radius 3 is 2.52 bits per heavy atom. The molecule has 0 radical (unpaired) electrons. The standard InChI is InChI=1S/C17H19ClN2O3/c1-22-15-8-4-6-13(17(15)23-11-16(19)21)10-20-9-12-5-2-3-7-14(12)18/h2-8,20H,9-11H2,1H3,(H2,19,21). The molecule has 23 heavy (non-hydrogen) atoms. The maximum absolute atomic E-state index is 10.9. The van der Waals surface area contributed by atoms with Gasteiger partial charge in [-0.3, -0.25) is 4.79 Å². The summed E-state index contributed by atoms with van der Waals surface area (Å²) in [5, 5.41) is 4.02. The van der Waals surface area contributed by atoms with Crippen LogP contribution >= 0.6 is 11.6 Å².